The van der Waals surface area contributed by atoms with Crippen molar-refractivity contribution in [3.63, 3.8) is 0 Å². The average Bonchev–Trinajstić information content (AvgIpc) is 2.75. The molecule has 0 aliphatic carbocycles. The smallest absolute Gasteiger partial charge is 0.405 e. The average molecular weight is 459 g/mol. The molecule has 8 nitrogen and oxygen atoms in total. The number of carbonyl (C=O) groups excluding carboxylic acids is 1. The lowest BCUT2D eigenvalue weighted by atomic mass is 9.89. The number of ether oxygens (including phenoxy) is 1. The van der Waals surface area contributed by atoms with Gasteiger partial charge < -0.3 is 25.4 Å². The number of piperazine rings is 1. The van der Waals surface area contributed by atoms with Gasteiger partial charge in [-0.2, -0.15) is 0 Å². The van der Waals surface area contributed by atoms with E-state index in [0.29, 0.717) is 50.6 Å². The minimum atomic E-state index is -1.17. The van der Waals surface area contributed by atoms with Crippen LogP contribution in [0.4, 0.5) is 9.18 Å². The van der Waals surface area contributed by atoms with E-state index in [1.807, 2.05) is 6.92 Å². The molecule has 2 aliphatic rings. The van der Waals surface area contributed by atoms with Crippen LogP contribution in [0.25, 0.3) is 0 Å². The van der Waals surface area contributed by atoms with E-state index in [9.17, 15) is 19.1 Å². The third kappa shape index (κ3) is 6.69. The summed E-state index contributed by atoms with van der Waals surface area (Å²) in [6, 6.07) is 4.12. The number of carboxylic acid groups (broad SMARTS) is 1. The van der Waals surface area contributed by atoms with Gasteiger partial charge in [0.1, 0.15) is 17.6 Å². The number of rotatable bonds is 7. The van der Waals surface area contributed by atoms with Crippen molar-refractivity contribution < 1.29 is 23.8 Å². The molecule has 2 amide bonds. The molecular weight excluding hydrogens is 427 g/mol. The molecule has 0 bridgehead atoms. The first kappa shape index (κ1) is 25.2. The third-order valence-electron chi connectivity index (χ3n) is 5.84. The van der Waals surface area contributed by atoms with E-state index < -0.39 is 12.1 Å². The Bertz CT molecular complexity index is 740. The van der Waals surface area contributed by atoms with Crippen molar-refractivity contribution in [2.75, 3.05) is 45.9 Å². The lowest BCUT2D eigenvalue weighted by molar-refractivity contribution is -0.136. The van der Waals surface area contributed by atoms with Gasteiger partial charge in [0.2, 0.25) is 5.91 Å². The normalized spacial score (nSPS) is 18.7. The van der Waals surface area contributed by atoms with Crippen LogP contribution in [0.1, 0.15) is 25.3 Å². The number of piperidine rings is 1. The fourth-order valence-corrected chi connectivity index (χ4v) is 4.22. The summed E-state index contributed by atoms with van der Waals surface area (Å²) in [6.07, 6.45) is 0.363. The zero-order valence-electron chi connectivity index (χ0n) is 17.8. The summed E-state index contributed by atoms with van der Waals surface area (Å²) >= 11 is 0. The molecule has 0 radical (unpaired) electrons. The zero-order chi connectivity index (χ0) is 21.5. The monoisotopic (exact) mass is 458 g/mol. The highest BCUT2D eigenvalue weighted by Gasteiger charge is 2.35. The lowest BCUT2D eigenvalue weighted by Crippen LogP contribution is -2.57. The second kappa shape index (κ2) is 12.1. The number of amides is 2. The van der Waals surface area contributed by atoms with Gasteiger partial charge in [-0.25, -0.2) is 9.18 Å². The van der Waals surface area contributed by atoms with Crippen molar-refractivity contribution in [1.29, 1.82) is 0 Å². The maximum Gasteiger partial charge on any atom is 0.405 e. The molecule has 0 aromatic heterocycles. The van der Waals surface area contributed by atoms with Crippen molar-refractivity contribution >= 4 is 24.4 Å². The Kier molecular flexibility index (Phi) is 9.80. The van der Waals surface area contributed by atoms with Crippen molar-refractivity contribution in [3.05, 3.63) is 29.6 Å². The molecule has 10 heteroatoms. The van der Waals surface area contributed by atoms with Gasteiger partial charge in [-0.05, 0) is 50.9 Å². The minimum absolute atomic E-state index is 0. The van der Waals surface area contributed by atoms with Gasteiger partial charge in [-0.3, -0.25) is 9.69 Å². The second-order valence-corrected chi connectivity index (χ2v) is 7.77. The quantitative estimate of drug-likeness (QED) is 0.578. The number of halogens is 2. The topological polar surface area (TPSA) is 94.1 Å². The molecule has 2 fully saturated rings. The number of benzene rings is 1. The van der Waals surface area contributed by atoms with Crippen LogP contribution in [0.15, 0.2) is 18.2 Å². The van der Waals surface area contributed by atoms with Crippen LogP contribution in [0.3, 0.4) is 0 Å². The fourth-order valence-electron chi connectivity index (χ4n) is 4.22. The summed E-state index contributed by atoms with van der Waals surface area (Å²) in [7, 11) is 0. The molecule has 1 aromatic rings. The molecule has 1 aromatic carbocycles. The largest absolute Gasteiger partial charge is 0.493 e. The van der Waals surface area contributed by atoms with Crippen molar-refractivity contribution in [2.24, 2.45) is 5.92 Å². The summed E-state index contributed by atoms with van der Waals surface area (Å²) in [6.45, 7) is 6.48. The van der Waals surface area contributed by atoms with Crippen LogP contribution in [0, 0.1) is 11.7 Å². The van der Waals surface area contributed by atoms with Crippen LogP contribution >= 0.6 is 12.4 Å². The minimum Gasteiger partial charge on any atom is -0.493 e. The van der Waals surface area contributed by atoms with E-state index in [1.54, 1.807) is 17.0 Å². The Balaban J connectivity index is 0.00000341. The SMILES string of the molecule is CCOc1cccc(F)c1CN1CCN(C(=O)[C@H](NC(=O)O)C2CCNCC2)CC1.Cl. The maximum absolute atomic E-state index is 14.3. The Morgan fingerprint density at radius 3 is 2.55 bits per heavy atom. The van der Waals surface area contributed by atoms with Crippen LogP contribution < -0.4 is 15.4 Å². The van der Waals surface area contributed by atoms with Gasteiger partial charge in [-0.15, -0.1) is 12.4 Å². The van der Waals surface area contributed by atoms with E-state index in [-0.39, 0.29) is 30.0 Å². The number of carbonyl (C=O) groups is 2. The number of nitrogens with zero attached hydrogens (tertiary/aromatic N) is 2. The lowest BCUT2D eigenvalue weighted by Gasteiger charge is -2.38. The predicted octanol–water partition coefficient (Wildman–Crippen LogP) is 1.93. The van der Waals surface area contributed by atoms with E-state index in [1.165, 1.54) is 6.07 Å². The Morgan fingerprint density at radius 1 is 1.26 bits per heavy atom. The Morgan fingerprint density at radius 2 is 1.94 bits per heavy atom. The van der Waals surface area contributed by atoms with E-state index in [4.69, 9.17) is 4.74 Å². The van der Waals surface area contributed by atoms with Gasteiger partial charge in [0.05, 0.1) is 6.61 Å². The zero-order valence-corrected chi connectivity index (χ0v) is 18.6. The van der Waals surface area contributed by atoms with E-state index >= 15 is 0 Å². The van der Waals surface area contributed by atoms with Crippen LogP contribution in [-0.2, 0) is 11.3 Å². The maximum atomic E-state index is 14.3. The highest BCUT2D eigenvalue weighted by atomic mass is 35.5. The first-order valence-corrected chi connectivity index (χ1v) is 10.6. The molecule has 0 unspecified atom stereocenters. The van der Waals surface area contributed by atoms with E-state index in [0.717, 1.165) is 25.9 Å². The van der Waals surface area contributed by atoms with E-state index in [2.05, 4.69) is 15.5 Å². The first-order chi connectivity index (χ1) is 14.5. The van der Waals surface area contributed by atoms with Crippen molar-refractivity contribution in [2.45, 2.75) is 32.4 Å². The molecule has 3 N–H and O–H groups in total. The summed E-state index contributed by atoms with van der Waals surface area (Å²) in [5, 5.41) is 14.9. The molecule has 2 heterocycles. The molecule has 31 heavy (non-hydrogen) atoms. The second-order valence-electron chi connectivity index (χ2n) is 7.77. The van der Waals surface area contributed by atoms with Crippen LogP contribution in [-0.4, -0.2) is 78.8 Å². The summed E-state index contributed by atoms with van der Waals surface area (Å²) < 4.78 is 19.9. The number of hydrogen-bond acceptors (Lipinski definition) is 5. The van der Waals surface area contributed by atoms with Crippen molar-refractivity contribution in [1.82, 2.24) is 20.4 Å². The Hall–Kier alpha value is -2.10. The number of hydrogen-bond donors (Lipinski definition) is 3. The predicted molar refractivity (Wildman–Crippen MR) is 117 cm³/mol. The molecule has 0 saturated carbocycles. The summed E-state index contributed by atoms with van der Waals surface area (Å²) in [4.78, 5) is 28.1. The Labute approximate surface area is 188 Å². The molecule has 2 aliphatic heterocycles. The standard InChI is InChI=1S/C21H31FN4O4.ClH/c1-2-30-18-5-3-4-17(22)16(18)14-25-10-12-26(13-11-25)20(27)19(24-21(28)29)15-6-8-23-9-7-15;/h3-5,15,19,23-24H,2,6-14H2,1H3,(H,28,29);1H/t19-;/m1./s1. The third-order valence-corrected chi connectivity index (χ3v) is 5.84. The van der Waals surface area contributed by atoms with Gasteiger partial charge in [0, 0.05) is 38.3 Å². The fraction of sp³-hybridized carbons (Fsp3) is 0.619. The highest BCUT2D eigenvalue weighted by molar-refractivity contribution is 5.86. The molecule has 1 atom stereocenters. The van der Waals surface area contributed by atoms with Crippen molar-refractivity contribution in [3.8, 4) is 5.75 Å². The van der Waals surface area contributed by atoms with Gasteiger partial charge in [0.15, 0.2) is 0 Å². The molecule has 3 rings (SSSR count). The molecule has 2 saturated heterocycles. The van der Waals surface area contributed by atoms with Gasteiger partial charge in [-0.1, -0.05) is 6.07 Å². The highest BCUT2D eigenvalue weighted by Crippen LogP contribution is 2.24. The molecule has 0 spiro atoms. The summed E-state index contributed by atoms with van der Waals surface area (Å²) in [5.74, 6) is 0.0913. The molecule has 174 valence electrons. The van der Waals surface area contributed by atoms with Crippen LogP contribution in [0.2, 0.25) is 0 Å². The van der Waals surface area contributed by atoms with Gasteiger partial charge >= 0.3 is 6.09 Å². The summed E-state index contributed by atoms with van der Waals surface area (Å²) in [5.41, 5.74) is 0.527. The van der Waals surface area contributed by atoms with Gasteiger partial charge in [0.25, 0.3) is 0 Å². The van der Waals surface area contributed by atoms with Crippen LogP contribution in [0.5, 0.6) is 5.75 Å². The molecular formula is C21H32ClFN4O4. The first-order valence-electron chi connectivity index (χ1n) is 10.6. The number of nitrogens with one attached hydrogen (secondary N) is 2.